The van der Waals surface area contributed by atoms with Gasteiger partial charge in [-0.15, -0.1) is 10.2 Å². The second-order valence-corrected chi connectivity index (χ2v) is 10.5. The quantitative estimate of drug-likeness (QED) is 0.746. The van der Waals surface area contributed by atoms with Crippen LogP contribution in [0.4, 0.5) is 0 Å². The van der Waals surface area contributed by atoms with Crippen molar-refractivity contribution in [1.82, 2.24) is 15.5 Å². The lowest BCUT2D eigenvalue weighted by Gasteiger charge is -2.57. The fraction of sp³-hybridized carbons (Fsp3) is 0.591. The molecule has 4 aliphatic rings. The van der Waals surface area contributed by atoms with E-state index in [9.17, 15) is 4.79 Å². The standard InChI is InChI=1S/C22H27N3O2S/c1-13-4-3-5-18(6-13)20-24-25-21(27-20)28-14(2)19(26)23-22-10-15-7-16(11-22)9-17(8-15)12-22/h3-6,14-17H,7-12H2,1-2H3,(H,23,26)/t14-,15?,16?,17?,22?/m0/s1. The van der Waals surface area contributed by atoms with Crippen molar-refractivity contribution >= 4 is 17.7 Å². The fourth-order valence-electron chi connectivity index (χ4n) is 5.98. The first kappa shape index (κ1) is 18.2. The molecule has 1 aromatic heterocycles. The first-order valence-electron chi connectivity index (χ1n) is 10.4. The van der Waals surface area contributed by atoms with Gasteiger partial charge in [0.15, 0.2) is 0 Å². The highest BCUT2D eigenvalue weighted by atomic mass is 32.2. The first-order valence-corrected chi connectivity index (χ1v) is 11.3. The third-order valence-electron chi connectivity index (χ3n) is 6.74. The summed E-state index contributed by atoms with van der Waals surface area (Å²) < 4.78 is 5.80. The lowest BCUT2D eigenvalue weighted by Crippen LogP contribution is -2.60. The number of aromatic nitrogens is 2. The molecular formula is C22H27N3O2S. The molecule has 1 N–H and O–H groups in total. The zero-order valence-corrected chi connectivity index (χ0v) is 17.3. The minimum Gasteiger partial charge on any atom is -0.411 e. The van der Waals surface area contributed by atoms with E-state index < -0.39 is 0 Å². The highest BCUT2D eigenvalue weighted by Crippen LogP contribution is 2.55. The molecule has 0 saturated heterocycles. The van der Waals surface area contributed by atoms with E-state index in [1.165, 1.54) is 50.3 Å². The van der Waals surface area contributed by atoms with Gasteiger partial charge in [0, 0.05) is 11.1 Å². The molecule has 1 aromatic carbocycles. The summed E-state index contributed by atoms with van der Waals surface area (Å²) in [5.41, 5.74) is 2.10. The van der Waals surface area contributed by atoms with Gasteiger partial charge in [-0.25, -0.2) is 0 Å². The van der Waals surface area contributed by atoms with Gasteiger partial charge in [0.1, 0.15) is 0 Å². The summed E-state index contributed by atoms with van der Waals surface area (Å²) >= 11 is 1.35. The molecule has 4 saturated carbocycles. The Hall–Kier alpha value is -1.82. The van der Waals surface area contributed by atoms with Crippen LogP contribution in [-0.4, -0.2) is 26.9 Å². The molecule has 0 aliphatic heterocycles. The summed E-state index contributed by atoms with van der Waals surface area (Å²) in [5.74, 6) is 3.06. The molecule has 0 spiro atoms. The molecule has 4 bridgehead atoms. The smallest absolute Gasteiger partial charge is 0.277 e. The van der Waals surface area contributed by atoms with Gasteiger partial charge in [-0.05, 0) is 82.3 Å². The molecule has 0 radical (unpaired) electrons. The number of nitrogens with zero attached hydrogens (tertiary/aromatic N) is 2. The zero-order chi connectivity index (χ0) is 19.3. The minimum absolute atomic E-state index is 0.0439. The normalized spacial score (nSPS) is 31.7. The van der Waals surface area contributed by atoms with Crippen LogP contribution < -0.4 is 5.32 Å². The van der Waals surface area contributed by atoms with Gasteiger partial charge >= 0.3 is 0 Å². The Kier molecular flexibility index (Phi) is 4.49. The Morgan fingerprint density at radius 3 is 2.50 bits per heavy atom. The second-order valence-electron chi connectivity index (χ2n) is 9.19. The summed E-state index contributed by atoms with van der Waals surface area (Å²) in [6, 6.07) is 7.99. The molecule has 148 valence electrons. The van der Waals surface area contributed by atoms with Crippen LogP contribution >= 0.6 is 11.8 Å². The molecule has 6 heteroatoms. The average Bonchev–Trinajstić information content (AvgIpc) is 3.08. The second kappa shape index (κ2) is 6.90. The predicted octanol–water partition coefficient (Wildman–Crippen LogP) is 4.61. The lowest BCUT2D eigenvalue weighted by molar-refractivity contribution is -0.126. The summed E-state index contributed by atoms with van der Waals surface area (Å²) in [5, 5.41) is 11.9. The van der Waals surface area contributed by atoms with Gasteiger partial charge in [0.05, 0.1) is 5.25 Å². The van der Waals surface area contributed by atoms with Gasteiger partial charge in [-0.3, -0.25) is 4.79 Å². The van der Waals surface area contributed by atoms with Crippen molar-refractivity contribution in [3.05, 3.63) is 29.8 Å². The number of hydrogen-bond donors (Lipinski definition) is 1. The van der Waals surface area contributed by atoms with Crippen molar-refractivity contribution in [2.45, 2.75) is 68.4 Å². The molecular weight excluding hydrogens is 370 g/mol. The van der Waals surface area contributed by atoms with E-state index in [2.05, 4.69) is 15.5 Å². The van der Waals surface area contributed by atoms with Crippen molar-refractivity contribution in [3.63, 3.8) is 0 Å². The third kappa shape index (κ3) is 3.47. The van der Waals surface area contributed by atoms with Gasteiger partial charge in [-0.2, -0.15) is 0 Å². The molecule has 1 amide bonds. The Bertz CT molecular complexity index is 858. The first-order chi connectivity index (χ1) is 13.5. The Morgan fingerprint density at radius 2 is 1.86 bits per heavy atom. The zero-order valence-electron chi connectivity index (χ0n) is 16.5. The van der Waals surface area contributed by atoms with E-state index in [-0.39, 0.29) is 16.7 Å². The molecule has 2 aromatic rings. The van der Waals surface area contributed by atoms with E-state index >= 15 is 0 Å². The molecule has 4 fully saturated rings. The highest BCUT2D eigenvalue weighted by molar-refractivity contribution is 8.00. The highest BCUT2D eigenvalue weighted by Gasteiger charge is 2.51. The SMILES string of the molecule is Cc1cccc(-c2nnc(S[C@@H](C)C(=O)NC34CC5CC(CC(C5)C3)C4)o2)c1. The van der Waals surface area contributed by atoms with Crippen LogP contribution in [0.1, 0.15) is 51.0 Å². The summed E-state index contributed by atoms with van der Waals surface area (Å²) in [7, 11) is 0. The van der Waals surface area contributed by atoms with Crippen LogP contribution in [0.2, 0.25) is 0 Å². The molecule has 4 aliphatic carbocycles. The third-order valence-corrected chi connectivity index (χ3v) is 7.68. The topological polar surface area (TPSA) is 68.0 Å². The number of carbonyl (C=O) groups excluding carboxylic acids is 1. The van der Waals surface area contributed by atoms with Crippen LogP contribution in [0.25, 0.3) is 11.5 Å². The average molecular weight is 398 g/mol. The summed E-state index contributed by atoms with van der Waals surface area (Å²) in [6.07, 6.45) is 7.63. The molecule has 1 heterocycles. The number of amides is 1. The number of carbonyl (C=O) groups is 1. The molecule has 6 rings (SSSR count). The van der Waals surface area contributed by atoms with Gasteiger partial charge in [0.2, 0.25) is 11.8 Å². The number of benzene rings is 1. The Balaban J connectivity index is 1.24. The van der Waals surface area contributed by atoms with Crippen LogP contribution in [0.5, 0.6) is 0 Å². The maximum absolute atomic E-state index is 12.9. The number of hydrogen-bond acceptors (Lipinski definition) is 5. The van der Waals surface area contributed by atoms with Crippen molar-refractivity contribution in [1.29, 1.82) is 0 Å². The van der Waals surface area contributed by atoms with Gasteiger partial charge in [0.25, 0.3) is 5.22 Å². The van der Waals surface area contributed by atoms with E-state index in [1.807, 2.05) is 38.1 Å². The summed E-state index contributed by atoms with van der Waals surface area (Å²) in [4.78, 5) is 12.9. The van der Waals surface area contributed by atoms with Crippen LogP contribution in [0.3, 0.4) is 0 Å². The largest absolute Gasteiger partial charge is 0.411 e. The van der Waals surface area contributed by atoms with E-state index in [4.69, 9.17) is 4.42 Å². The number of aryl methyl sites for hydroxylation is 1. The fourth-order valence-corrected chi connectivity index (χ4v) is 6.67. The molecule has 28 heavy (non-hydrogen) atoms. The minimum atomic E-state index is -0.251. The summed E-state index contributed by atoms with van der Waals surface area (Å²) in [6.45, 7) is 3.96. The van der Waals surface area contributed by atoms with Crippen molar-refractivity contribution in [3.8, 4) is 11.5 Å². The molecule has 5 nitrogen and oxygen atoms in total. The monoisotopic (exact) mass is 397 g/mol. The maximum Gasteiger partial charge on any atom is 0.277 e. The van der Waals surface area contributed by atoms with Crippen molar-refractivity contribution in [2.24, 2.45) is 17.8 Å². The lowest BCUT2D eigenvalue weighted by atomic mass is 9.53. The number of nitrogens with one attached hydrogen (secondary N) is 1. The Labute approximate surface area is 170 Å². The van der Waals surface area contributed by atoms with Crippen molar-refractivity contribution in [2.75, 3.05) is 0 Å². The van der Waals surface area contributed by atoms with E-state index in [0.717, 1.165) is 28.9 Å². The van der Waals surface area contributed by atoms with Crippen molar-refractivity contribution < 1.29 is 9.21 Å². The van der Waals surface area contributed by atoms with Crippen LogP contribution in [0, 0.1) is 24.7 Å². The molecule has 1 atom stereocenters. The van der Waals surface area contributed by atoms with Gasteiger partial charge < -0.3 is 9.73 Å². The van der Waals surface area contributed by atoms with E-state index in [0.29, 0.717) is 11.1 Å². The van der Waals surface area contributed by atoms with Gasteiger partial charge in [-0.1, -0.05) is 29.5 Å². The number of rotatable bonds is 5. The number of thioether (sulfide) groups is 1. The molecule has 0 unspecified atom stereocenters. The predicted molar refractivity (Wildman–Crippen MR) is 109 cm³/mol. The van der Waals surface area contributed by atoms with Crippen LogP contribution in [-0.2, 0) is 4.79 Å². The van der Waals surface area contributed by atoms with Crippen LogP contribution in [0.15, 0.2) is 33.9 Å². The Morgan fingerprint density at radius 1 is 1.18 bits per heavy atom. The van der Waals surface area contributed by atoms with E-state index in [1.54, 1.807) is 0 Å². The maximum atomic E-state index is 12.9.